The Balaban J connectivity index is 1.78. The molecular weight excluding hydrogens is 402 g/mol. The second-order valence-corrected chi connectivity index (χ2v) is 8.65. The van der Waals surface area contributed by atoms with Gasteiger partial charge in [-0.15, -0.1) is 0 Å². The average molecular weight is 428 g/mol. The number of aromatic nitrogens is 3. The molecule has 8 nitrogen and oxygen atoms in total. The molecule has 0 aliphatic rings. The van der Waals surface area contributed by atoms with Crippen LogP contribution in [0.1, 0.15) is 35.3 Å². The first-order valence-corrected chi connectivity index (χ1v) is 11.1. The maximum atomic E-state index is 12.9. The number of rotatable bonds is 8. The molecule has 3 rings (SSSR count). The van der Waals surface area contributed by atoms with Crippen molar-refractivity contribution in [3.05, 3.63) is 71.9 Å². The molecule has 0 saturated heterocycles. The van der Waals surface area contributed by atoms with Crippen LogP contribution in [0.4, 0.5) is 0 Å². The number of nitrogens with one attached hydrogen (secondary N) is 1. The number of benzene rings is 1. The summed E-state index contributed by atoms with van der Waals surface area (Å²) in [6.07, 6.45) is 6.76. The summed E-state index contributed by atoms with van der Waals surface area (Å²) in [4.78, 5) is 21.1. The van der Waals surface area contributed by atoms with E-state index in [4.69, 9.17) is 0 Å². The van der Waals surface area contributed by atoms with Crippen molar-refractivity contribution in [3.63, 3.8) is 0 Å². The smallest absolute Gasteiger partial charge is 0.251 e. The zero-order valence-corrected chi connectivity index (χ0v) is 18.1. The van der Waals surface area contributed by atoms with E-state index in [-0.39, 0.29) is 17.3 Å². The highest BCUT2D eigenvalue weighted by Gasteiger charge is 2.24. The molecule has 9 heteroatoms. The average Bonchev–Trinajstić information content (AvgIpc) is 3.28. The van der Waals surface area contributed by atoms with Crippen LogP contribution < -0.4 is 5.32 Å². The molecule has 1 N–H and O–H groups in total. The first-order chi connectivity index (χ1) is 14.4. The summed E-state index contributed by atoms with van der Waals surface area (Å²) >= 11 is 0. The van der Waals surface area contributed by atoms with E-state index in [9.17, 15) is 13.2 Å². The van der Waals surface area contributed by atoms with Gasteiger partial charge in [-0.3, -0.25) is 9.36 Å². The van der Waals surface area contributed by atoms with E-state index in [1.54, 1.807) is 62.4 Å². The Kier molecular flexibility index (Phi) is 6.63. The van der Waals surface area contributed by atoms with Gasteiger partial charge in [0.05, 0.1) is 4.90 Å². The lowest BCUT2D eigenvalue weighted by molar-refractivity contribution is 0.0950. The minimum atomic E-state index is -3.65. The van der Waals surface area contributed by atoms with Crippen LogP contribution in [0.25, 0.3) is 5.82 Å². The normalized spacial score (nSPS) is 11.6. The lowest BCUT2D eigenvalue weighted by atomic mass is 10.1. The van der Waals surface area contributed by atoms with Crippen molar-refractivity contribution in [2.75, 3.05) is 13.1 Å². The van der Waals surface area contributed by atoms with E-state index >= 15 is 0 Å². The summed E-state index contributed by atoms with van der Waals surface area (Å²) in [5.74, 6) is 0.356. The zero-order chi connectivity index (χ0) is 21.7. The number of pyridine rings is 1. The first kappa shape index (κ1) is 21.7. The van der Waals surface area contributed by atoms with Gasteiger partial charge in [-0.25, -0.2) is 18.4 Å². The molecule has 0 radical (unpaired) electrons. The summed E-state index contributed by atoms with van der Waals surface area (Å²) < 4.78 is 29.0. The van der Waals surface area contributed by atoms with Crippen molar-refractivity contribution in [1.82, 2.24) is 24.2 Å². The van der Waals surface area contributed by atoms with E-state index in [1.165, 1.54) is 10.4 Å². The molecular formula is C21H25N5O3S. The minimum Gasteiger partial charge on any atom is -0.348 e. The van der Waals surface area contributed by atoms with Crippen LogP contribution in [0.2, 0.25) is 0 Å². The predicted octanol–water partition coefficient (Wildman–Crippen LogP) is 2.54. The van der Waals surface area contributed by atoms with Gasteiger partial charge in [0.15, 0.2) is 0 Å². The third-order valence-corrected chi connectivity index (χ3v) is 7.00. The minimum absolute atomic E-state index is 0.158. The first-order valence-electron chi connectivity index (χ1n) is 9.69. The van der Waals surface area contributed by atoms with Crippen molar-refractivity contribution >= 4 is 15.9 Å². The molecule has 0 saturated carbocycles. The standard InChI is InChI=1S/C21H25N5O3S/c1-4-26(5-2)30(28,29)19-13-18(7-6-16(19)3)21(27)24-14-17-8-9-23-20(12-17)25-11-10-22-15-25/h6-13,15H,4-5,14H2,1-3H3,(H,24,27). The molecule has 0 bridgehead atoms. The van der Waals surface area contributed by atoms with E-state index in [1.807, 2.05) is 12.1 Å². The number of hydrogen-bond donors (Lipinski definition) is 1. The van der Waals surface area contributed by atoms with Crippen LogP contribution in [-0.2, 0) is 16.6 Å². The highest BCUT2D eigenvalue weighted by Crippen LogP contribution is 2.21. The van der Waals surface area contributed by atoms with Crippen molar-refractivity contribution < 1.29 is 13.2 Å². The van der Waals surface area contributed by atoms with E-state index in [2.05, 4.69) is 15.3 Å². The lowest BCUT2D eigenvalue weighted by Gasteiger charge is -2.20. The molecule has 0 aliphatic carbocycles. The SMILES string of the molecule is CCN(CC)S(=O)(=O)c1cc(C(=O)NCc2ccnc(-n3ccnc3)c2)ccc1C. The predicted molar refractivity (Wildman–Crippen MR) is 114 cm³/mol. The fourth-order valence-corrected chi connectivity index (χ4v) is 4.82. The van der Waals surface area contributed by atoms with Gasteiger partial charge in [-0.1, -0.05) is 19.9 Å². The molecule has 30 heavy (non-hydrogen) atoms. The number of amides is 1. The van der Waals surface area contributed by atoms with Gasteiger partial charge in [-0.2, -0.15) is 4.31 Å². The number of sulfonamides is 1. The number of nitrogens with zero attached hydrogens (tertiary/aromatic N) is 4. The number of hydrogen-bond acceptors (Lipinski definition) is 5. The fraction of sp³-hybridized carbons (Fsp3) is 0.286. The van der Waals surface area contributed by atoms with Gasteiger partial charge in [0.25, 0.3) is 5.91 Å². The van der Waals surface area contributed by atoms with Crippen molar-refractivity contribution in [2.24, 2.45) is 0 Å². The van der Waals surface area contributed by atoms with Crippen LogP contribution in [0.3, 0.4) is 0 Å². The molecule has 0 unspecified atom stereocenters. The molecule has 1 aromatic carbocycles. The van der Waals surface area contributed by atoms with E-state index < -0.39 is 10.0 Å². The molecule has 2 aromatic heterocycles. The Labute approximate surface area is 176 Å². The van der Waals surface area contributed by atoms with Crippen molar-refractivity contribution in [3.8, 4) is 5.82 Å². The third-order valence-electron chi connectivity index (χ3n) is 4.81. The maximum Gasteiger partial charge on any atom is 0.251 e. The third kappa shape index (κ3) is 4.58. The summed E-state index contributed by atoms with van der Waals surface area (Å²) in [7, 11) is -3.65. The molecule has 3 aromatic rings. The monoisotopic (exact) mass is 427 g/mol. The lowest BCUT2D eigenvalue weighted by Crippen LogP contribution is -2.31. The van der Waals surface area contributed by atoms with Crippen LogP contribution >= 0.6 is 0 Å². The second kappa shape index (κ2) is 9.19. The summed E-state index contributed by atoms with van der Waals surface area (Å²) in [6.45, 7) is 6.34. The molecule has 0 fully saturated rings. The Morgan fingerprint density at radius 1 is 1.13 bits per heavy atom. The molecule has 1 amide bonds. The molecule has 2 heterocycles. The van der Waals surface area contributed by atoms with E-state index in [0.29, 0.717) is 30.0 Å². The number of carbonyl (C=O) groups excluding carboxylic acids is 1. The summed E-state index contributed by atoms with van der Waals surface area (Å²) in [5.41, 5.74) is 1.78. The van der Waals surface area contributed by atoms with Gasteiger partial charge >= 0.3 is 0 Å². The molecule has 0 spiro atoms. The summed E-state index contributed by atoms with van der Waals surface area (Å²) in [5, 5.41) is 2.84. The van der Waals surface area contributed by atoms with Gasteiger partial charge in [0.1, 0.15) is 12.1 Å². The Bertz CT molecular complexity index is 1120. The highest BCUT2D eigenvalue weighted by atomic mass is 32.2. The van der Waals surface area contributed by atoms with E-state index in [0.717, 1.165) is 5.56 Å². The van der Waals surface area contributed by atoms with Gasteiger partial charge in [0.2, 0.25) is 10.0 Å². The largest absolute Gasteiger partial charge is 0.348 e. The quantitative estimate of drug-likeness (QED) is 0.596. The number of imidazole rings is 1. The van der Waals surface area contributed by atoms with Crippen LogP contribution in [-0.4, -0.2) is 46.3 Å². The zero-order valence-electron chi connectivity index (χ0n) is 17.2. The van der Waals surface area contributed by atoms with Crippen LogP contribution in [0.5, 0.6) is 0 Å². The van der Waals surface area contributed by atoms with Crippen molar-refractivity contribution in [2.45, 2.75) is 32.2 Å². The van der Waals surface area contributed by atoms with Crippen LogP contribution in [0, 0.1) is 6.92 Å². The Morgan fingerprint density at radius 2 is 1.90 bits per heavy atom. The van der Waals surface area contributed by atoms with Gasteiger partial charge < -0.3 is 5.32 Å². The Morgan fingerprint density at radius 3 is 2.57 bits per heavy atom. The fourth-order valence-electron chi connectivity index (χ4n) is 3.11. The molecule has 158 valence electrons. The maximum absolute atomic E-state index is 12.9. The molecule has 0 atom stereocenters. The van der Waals surface area contributed by atoms with Gasteiger partial charge in [-0.05, 0) is 42.3 Å². The number of carbonyl (C=O) groups is 1. The summed E-state index contributed by atoms with van der Waals surface area (Å²) in [6, 6.07) is 8.41. The number of aryl methyl sites for hydroxylation is 1. The molecule has 0 aliphatic heterocycles. The second-order valence-electron chi connectivity index (χ2n) is 6.74. The highest BCUT2D eigenvalue weighted by molar-refractivity contribution is 7.89. The van der Waals surface area contributed by atoms with Crippen LogP contribution in [0.15, 0.2) is 60.1 Å². The van der Waals surface area contributed by atoms with Crippen molar-refractivity contribution in [1.29, 1.82) is 0 Å². The topological polar surface area (TPSA) is 97.2 Å². The van der Waals surface area contributed by atoms with Gasteiger partial charge in [0, 0.05) is 43.8 Å². The Hall–Kier alpha value is -3.04.